The molecule has 0 unspecified atom stereocenters. The minimum atomic E-state index is 0.0720. The molecule has 0 bridgehead atoms. The number of thiophene rings is 1. The van der Waals surface area contributed by atoms with E-state index in [1.807, 2.05) is 11.3 Å². The van der Waals surface area contributed by atoms with Crippen molar-refractivity contribution in [2.45, 2.75) is 90.4 Å². The molecular formula is C57H58N2S. The fraction of sp³-hybridized carbons (Fsp3) is 0.263. The lowest BCUT2D eigenvalue weighted by Crippen LogP contribution is -2.26. The molecule has 0 saturated carbocycles. The number of rotatable bonds is 16. The summed E-state index contributed by atoms with van der Waals surface area (Å²) in [6, 6.07) is 59.3. The molecule has 302 valence electrons. The van der Waals surface area contributed by atoms with Crippen LogP contribution < -0.4 is 9.80 Å². The Kier molecular flexibility index (Phi) is 11.6. The van der Waals surface area contributed by atoms with E-state index in [9.17, 15) is 0 Å². The van der Waals surface area contributed by atoms with E-state index in [0.717, 1.165) is 17.1 Å². The third-order valence-electron chi connectivity index (χ3n) is 13.2. The van der Waals surface area contributed by atoms with Crippen molar-refractivity contribution in [3.8, 4) is 22.3 Å². The largest absolute Gasteiger partial charge is 0.345 e. The van der Waals surface area contributed by atoms with Crippen molar-refractivity contribution in [2.75, 3.05) is 16.8 Å². The van der Waals surface area contributed by atoms with Gasteiger partial charge < -0.3 is 9.80 Å². The van der Waals surface area contributed by atoms with Gasteiger partial charge in [0.1, 0.15) is 0 Å². The Hall–Kier alpha value is -5.64. The Morgan fingerprint density at radius 3 is 1.72 bits per heavy atom. The van der Waals surface area contributed by atoms with Crippen molar-refractivity contribution in [3.05, 3.63) is 174 Å². The molecule has 1 aliphatic rings. The quantitative estimate of drug-likeness (QED) is 0.0898. The molecule has 1 heterocycles. The number of hydrogen-bond donors (Lipinski definition) is 0. The summed E-state index contributed by atoms with van der Waals surface area (Å²) in [4.78, 5) is 4.76. The van der Waals surface area contributed by atoms with Gasteiger partial charge in [-0.2, -0.15) is 0 Å². The molecule has 8 aromatic rings. The topological polar surface area (TPSA) is 6.48 Å². The minimum absolute atomic E-state index is 0.0720. The van der Waals surface area contributed by atoms with E-state index in [4.69, 9.17) is 0 Å². The molecule has 2 nitrogen and oxygen atoms in total. The second kappa shape index (κ2) is 17.5. The van der Waals surface area contributed by atoms with E-state index in [2.05, 4.69) is 195 Å². The highest BCUT2D eigenvalue weighted by Gasteiger charge is 2.42. The second-order valence-corrected chi connectivity index (χ2v) is 18.1. The van der Waals surface area contributed by atoms with Gasteiger partial charge in [-0.25, -0.2) is 0 Å². The van der Waals surface area contributed by atoms with Crippen LogP contribution in [0.5, 0.6) is 0 Å². The fourth-order valence-electron chi connectivity index (χ4n) is 9.90. The van der Waals surface area contributed by atoms with Gasteiger partial charge in [0.05, 0.1) is 0 Å². The number of nitrogens with zero attached hydrogens (tertiary/aromatic N) is 2. The Balaban J connectivity index is 1.03. The van der Waals surface area contributed by atoms with Crippen LogP contribution in [0.3, 0.4) is 0 Å². The molecule has 9 rings (SSSR count). The van der Waals surface area contributed by atoms with Crippen molar-refractivity contribution < 1.29 is 0 Å². The molecule has 0 atom stereocenters. The maximum atomic E-state index is 2.54. The first-order chi connectivity index (χ1) is 29.5. The van der Waals surface area contributed by atoms with Gasteiger partial charge in [-0.05, 0) is 120 Å². The number of fused-ring (bicyclic) bond motifs is 6. The van der Waals surface area contributed by atoms with Crippen LogP contribution in [0.25, 0.3) is 42.4 Å². The molecule has 1 aromatic heterocycles. The van der Waals surface area contributed by atoms with Crippen LogP contribution in [0.4, 0.5) is 28.4 Å². The number of hydrogen-bond acceptors (Lipinski definition) is 3. The normalized spacial score (nSPS) is 12.8. The SMILES string of the molecule is CCCCCCC1(CCCCCC)c2ccccc2-c2ccc(N(C)c3ccc(N(c4ccc(C)cc4)c4ccc(-c5cccc6c5sc5ccccc56)cc4)cc3)cc21. The summed E-state index contributed by atoms with van der Waals surface area (Å²) in [6.45, 7) is 6.80. The summed E-state index contributed by atoms with van der Waals surface area (Å²) in [6.07, 6.45) is 12.8. The lowest BCUT2D eigenvalue weighted by Gasteiger charge is -2.34. The van der Waals surface area contributed by atoms with Gasteiger partial charge in [0.2, 0.25) is 0 Å². The summed E-state index contributed by atoms with van der Waals surface area (Å²) in [7, 11) is 2.23. The summed E-state index contributed by atoms with van der Waals surface area (Å²) >= 11 is 1.89. The van der Waals surface area contributed by atoms with E-state index in [0.29, 0.717) is 0 Å². The van der Waals surface area contributed by atoms with Gasteiger partial charge in [-0.15, -0.1) is 11.3 Å². The molecule has 0 amide bonds. The van der Waals surface area contributed by atoms with Crippen molar-refractivity contribution >= 4 is 59.9 Å². The van der Waals surface area contributed by atoms with E-state index >= 15 is 0 Å². The Labute approximate surface area is 362 Å². The number of aryl methyl sites for hydroxylation is 1. The first kappa shape index (κ1) is 39.8. The third kappa shape index (κ3) is 7.54. The highest BCUT2D eigenvalue weighted by Crippen LogP contribution is 2.55. The predicted octanol–water partition coefficient (Wildman–Crippen LogP) is 17.5. The zero-order chi connectivity index (χ0) is 41.1. The molecule has 0 radical (unpaired) electrons. The molecule has 0 saturated heterocycles. The number of unbranched alkanes of at least 4 members (excludes halogenated alkanes) is 6. The van der Waals surface area contributed by atoms with Crippen molar-refractivity contribution in [1.82, 2.24) is 0 Å². The van der Waals surface area contributed by atoms with Gasteiger partial charge in [-0.3, -0.25) is 0 Å². The van der Waals surface area contributed by atoms with E-state index in [1.54, 1.807) is 5.56 Å². The van der Waals surface area contributed by atoms with Crippen LogP contribution in [-0.2, 0) is 5.41 Å². The molecule has 0 aliphatic heterocycles. The maximum Gasteiger partial charge on any atom is 0.0463 e. The van der Waals surface area contributed by atoms with Gasteiger partial charge >= 0.3 is 0 Å². The Morgan fingerprint density at radius 1 is 0.467 bits per heavy atom. The maximum absolute atomic E-state index is 2.54. The standard InChI is InChI=1S/C57H58N2S/c1-5-7-9-15-38-57(39-16-10-8-6-2)53-22-13-11-18-49(53)50-37-36-47(40-54(50)57)58(4)43-32-34-46(35-33-43)59(44-28-24-41(3)25-29-44)45-30-26-42(27-31-45)48-20-17-21-52-51-19-12-14-23-55(51)60-56(48)52/h11-14,17-37,40H,5-10,15-16,38-39H2,1-4H3. The first-order valence-corrected chi connectivity index (χ1v) is 23.3. The Bertz CT molecular complexity index is 2690. The van der Waals surface area contributed by atoms with Crippen LogP contribution in [-0.4, -0.2) is 7.05 Å². The molecule has 60 heavy (non-hydrogen) atoms. The van der Waals surface area contributed by atoms with Crippen LogP contribution in [0.1, 0.15) is 94.7 Å². The van der Waals surface area contributed by atoms with E-state index in [-0.39, 0.29) is 5.41 Å². The zero-order valence-electron chi connectivity index (χ0n) is 35.9. The average molecular weight is 803 g/mol. The highest BCUT2D eigenvalue weighted by molar-refractivity contribution is 7.26. The summed E-state index contributed by atoms with van der Waals surface area (Å²) in [5.41, 5.74) is 15.7. The van der Waals surface area contributed by atoms with E-state index < -0.39 is 0 Å². The van der Waals surface area contributed by atoms with Gasteiger partial charge in [0.15, 0.2) is 0 Å². The summed E-state index contributed by atoms with van der Waals surface area (Å²) < 4.78 is 2.68. The van der Waals surface area contributed by atoms with Crippen LogP contribution >= 0.6 is 11.3 Å². The lowest BCUT2D eigenvalue weighted by molar-refractivity contribution is 0.401. The number of anilines is 5. The molecule has 0 fully saturated rings. The highest BCUT2D eigenvalue weighted by atomic mass is 32.1. The zero-order valence-corrected chi connectivity index (χ0v) is 36.7. The van der Waals surface area contributed by atoms with Gasteiger partial charge in [0, 0.05) is 61.1 Å². The van der Waals surface area contributed by atoms with Gasteiger partial charge in [0.25, 0.3) is 0 Å². The average Bonchev–Trinajstić information content (AvgIpc) is 3.81. The molecule has 0 spiro atoms. The van der Waals surface area contributed by atoms with Crippen LogP contribution in [0, 0.1) is 6.92 Å². The monoisotopic (exact) mass is 802 g/mol. The smallest absolute Gasteiger partial charge is 0.0463 e. The van der Waals surface area contributed by atoms with Crippen molar-refractivity contribution in [2.24, 2.45) is 0 Å². The molecule has 3 heteroatoms. The third-order valence-corrected chi connectivity index (χ3v) is 14.4. The molecule has 0 N–H and O–H groups in total. The summed E-state index contributed by atoms with van der Waals surface area (Å²) in [5, 5.41) is 2.67. The van der Waals surface area contributed by atoms with Crippen molar-refractivity contribution in [1.29, 1.82) is 0 Å². The predicted molar refractivity (Wildman–Crippen MR) is 262 cm³/mol. The number of benzene rings is 7. The summed E-state index contributed by atoms with van der Waals surface area (Å²) in [5.74, 6) is 0. The lowest BCUT2D eigenvalue weighted by atomic mass is 9.70. The minimum Gasteiger partial charge on any atom is -0.345 e. The van der Waals surface area contributed by atoms with Crippen LogP contribution in [0.2, 0.25) is 0 Å². The van der Waals surface area contributed by atoms with Crippen molar-refractivity contribution in [3.63, 3.8) is 0 Å². The van der Waals surface area contributed by atoms with Crippen LogP contribution in [0.15, 0.2) is 158 Å². The molecular weight excluding hydrogens is 745 g/mol. The second-order valence-electron chi connectivity index (χ2n) is 17.1. The molecule has 7 aromatic carbocycles. The first-order valence-electron chi connectivity index (χ1n) is 22.4. The Morgan fingerprint density at radius 2 is 1.02 bits per heavy atom. The fourth-order valence-corrected chi connectivity index (χ4v) is 11.1. The molecule has 1 aliphatic carbocycles. The van der Waals surface area contributed by atoms with Gasteiger partial charge in [-0.1, -0.05) is 162 Å². The van der Waals surface area contributed by atoms with E-state index in [1.165, 1.54) is 129 Å².